The maximum Gasteiger partial charge on any atom is 0.336 e. The Bertz CT molecular complexity index is 511. The third-order valence-electron chi connectivity index (χ3n) is 2.80. The van der Waals surface area contributed by atoms with Gasteiger partial charge in [-0.3, -0.25) is 14.5 Å². The first-order valence-corrected chi connectivity index (χ1v) is 6.21. The first-order valence-electron chi connectivity index (χ1n) is 5.33. The number of likely N-dealkylation sites (tertiary alicyclic amines) is 1. The number of rotatable bonds is 4. The zero-order chi connectivity index (χ0) is 13.3. The van der Waals surface area contributed by atoms with Crippen molar-refractivity contribution in [3.05, 3.63) is 21.9 Å². The number of hydrogen-bond acceptors (Lipinski definition) is 5. The van der Waals surface area contributed by atoms with Gasteiger partial charge in [0.15, 0.2) is 0 Å². The number of likely N-dealkylation sites (N-methyl/N-ethyl adjacent to an activating group) is 1. The van der Waals surface area contributed by atoms with E-state index in [1.54, 1.807) is 11.4 Å². The second-order valence-electron chi connectivity index (χ2n) is 4.04. The lowest BCUT2D eigenvalue weighted by molar-refractivity contribution is -0.137. The molecule has 2 amide bonds. The van der Waals surface area contributed by atoms with Gasteiger partial charge < -0.3 is 10.4 Å². The maximum atomic E-state index is 11.6. The summed E-state index contributed by atoms with van der Waals surface area (Å²) in [5, 5.41) is 13.3. The third kappa shape index (κ3) is 2.41. The minimum Gasteiger partial charge on any atom is -0.478 e. The Morgan fingerprint density at radius 1 is 1.61 bits per heavy atom. The molecule has 2 rings (SSSR count). The molecule has 1 atom stereocenters. The molecular formula is C11H12N2O4S. The summed E-state index contributed by atoms with van der Waals surface area (Å²) >= 11 is 1.31. The highest BCUT2D eigenvalue weighted by atomic mass is 32.1. The van der Waals surface area contributed by atoms with E-state index in [1.807, 2.05) is 0 Å². The standard InChI is InChI=1S/C11H12N2O4S/c1-13-9(14)3-8(10(13)15)12-4-7-2-6(5-18-7)11(16)17/h2,5,8,12H,3-4H2,1H3,(H,16,17). The smallest absolute Gasteiger partial charge is 0.336 e. The molecule has 1 saturated heterocycles. The number of carboxylic acid groups (broad SMARTS) is 1. The van der Waals surface area contributed by atoms with Crippen LogP contribution in [0.3, 0.4) is 0 Å². The molecule has 0 saturated carbocycles. The normalized spacial score (nSPS) is 19.6. The molecule has 1 unspecified atom stereocenters. The fourth-order valence-electron chi connectivity index (χ4n) is 1.72. The predicted molar refractivity (Wildman–Crippen MR) is 64.3 cm³/mol. The predicted octanol–water partition coefficient (Wildman–Crippen LogP) is 0.293. The lowest BCUT2D eigenvalue weighted by Crippen LogP contribution is -2.36. The highest BCUT2D eigenvalue weighted by molar-refractivity contribution is 7.10. The summed E-state index contributed by atoms with van der Waals surface area (Å²) in [6, 6.07) is 1.06. The van der Waals surface area contributed by atoms with Gasteiger partial charge in [0, 0.05) is 23.8 Å². The topological polar surface area (TPSA) is 86.7 Å². The first kappa shape index (κ1) is 12.7. The number of carbonyl (C=O) groups is 3. The van der Waals surface area contributed by atoms with Crippen molar-refractivity contribution in [1.82, 2.24) is 10.2 Å². The van der Waals surface area contributed by atoms with E-state index >= 15 is 0 Å². The van der Waals surface area contributed by atoms with Gasteiger partial charge in [0.05, 0.1) is 18.0 Å². The van der Waals surface area contributed by atoms with Crippen molar-refractivity contribution in [2.24, 2.45) is 0 Å². The highest BCUT2D eigenvalue weighted by Gasteiger charge is 2.35. The van der Waals surface area contributed by atoms with Crippen molar-refractivity contribution in [2.45, 2.75) is 19.0 Å². The number of thiophene rings is 1. The molecule has 1 aromatic rings. The number of hydrogen-bond donors (Lipinski definition) is 2. The van der Waals surface area contributed by atoms with Crippen LogP contribution in [0.5, 0.6) is 0 Å². The summed E-state index contributed by atoms with van der Waals surface area (Å²) in [6.45, 7) is 0.384. The summed E-state index contributed by atoms with van der Waals surface area (Å²) in [4.78, 5) is 35.5. The van der Waals surface area contributed by atoms with Crippen molar-refractivity contribution in [1.29, 1.82) is 0 Å². The Hall–Kier alpha value is -1.73. The SMILES string of the molecule is CN1C(=O)CC(NCc2cc(C(=O)O)cs2)C1=O. The molecule has 1 aliphatic rings. The number of nitrogens with zero attached hydrogens (tertiary/aromatic N) is 1. The van der Waals surface area contributed by atoms with Gasteiger partial charge >= 0.3 is 5.97 Å². The third-order valence-corrected chi connectivity index (χ3v) is 3.74. The quantitative estimate of drug-likeness (QED) is 0.767. The molecule has 18 heavy (non-hydrogen) atoms. The van der Waals surface area contributed by atoms with Crippen molar-refractivity contribution >= 4 is 29.1 Å². The Labute approximate surface area is 107 Å². The number of amides is 2. The summed E-state index contributed by atoms with van der Waals surface area (Å²) in [5.41, 5.74) is 0.239. The summed E-state index contributed by atoms with van der Waals surface area (Å²) in [5.74, 6) is -1.41. The van der Waals surface area contributed by atoms with Crippen molar-refractivity contribution in [3.8, 4) is 0 Å². The van der Waals surface area contributed by atoms with E-state index in [1.165, 1.54) is 18.4 Å². The second-order valence-corrected chi connectivity index (χ2v) is 5.03. The van der Waals surface area contributed by atoms with E-state index in [2.05, 4.69) is 5.32 Å². The van der Waals surface area contributed by atoms with Gasteiger partial charge in [0.25, 0.3) is 0 Å². The minimum absolute atomic E-state index is 0.159. The largest absolute Gasteiger partial charge is 0.478 e. The number of aromatic carboxylic acids is 1. The molecule has 0 aromatic carbocycles. The van der Waals surface area contributed by atoms with Crippen LogP contribution in [0.4, 0.5) is 0 Å². The molecule has 0 radical (unpaired) electrons. The van der Waals surface area contributed by atoms with Crippen LogP contribution >= 0.6 is 11.3 Å². The van der Waals surface area contributed by atoms with Gasteiger partial charge in [-0.15, -0.1) is 11.3 Å². The van der Waals surface area contributed by atoms with Crippen molar-refractivity contribution in [2.75, 3.05) is 7.05 Å². The number of imide groups is 1. The lowest BCUT2D eigenvalue weighted by atomic mass is 10.2. The lowest BCUT2D eigenvalue weighted by Gasteiger charge is -2.09. The molecule has 6 nitrogen and oxygen atoms in total. The van der Waals surface area contributed by atoms with Crippen LogP contribution in [0.15, 0.2) is 11.4 Å². The summed E-state index contributed by atoms with van der Waals surface area (Å²) in [7, 11) is 1.46. The van der Waals surface area contributed by atoms with Crippen LogP contribution in [0.25, 0.3) is 0 Å². The first-order chi connectivity index (χ1) is 8.49. The molecule has 7 heteroatoms. The molecule has 2 heterocycles. The van der Waals surface area contributed by atoms with E-state index in [4.69, 9.17) is 5.11 Å². The number of carboxylic acids is 1. The Balaban J connectivity index is 1.94. The van der Waals surface area contributed by atoms with Crippen LogP contribution in [-0.4, -0.2) is 40.9 Å². The Morgan fingerprint density at radius 2 is 2.33 bits per heavy atom. The van der Waals surface area contributed by atoms with Crippen molar-refractivity contribution in [3.63, 3.8) is 0 Å². The van der Waals surface area contributed by atoms with E-state index in [9.17, 15) is 14.4 Å². The van der Waals surface area contributed by atoms with Gasteiger partial charge in [0.2, 0.25) is 11.8 Å². The fraction of sp³-hybridized carbons (Fsp3) is 0.364. The highest BCUT2D eigenvalue weighted by Crippen LogP contribution is 2.16. The van der Waals surface area contributed by atoms with Crippen LogP contribution in [-0.2, 0) is 16.1 Å². The molecule has 2 N–H and O–H groups in total. The van der Waals surface area contributed by atoms with Crippen LogP contribution in [0.2, 0.25) is 0 Å². The molecule has 0 bridgehead atoms. The Kier molecular flexibility index (Phi) is 3.44. The average molecular weight is 268 g/mol. The molecule has 1 fully saturated rings. The minimum atomic E-state index is -0.968. The molecule has 1 aliphatic heterocycles. The second kappa shape index (κ2) is 4.87. The van der Waals surface area contributed by atoms with Crippen LogP contribution in [0.1, 0.15) is 21.7 Å². The van der Waals surface area contributed by atoms with Gasteiger partial charge in [-0.05, 0) is 6.07 Å². The maximum absolute atomic E-state index is 11.6. The van der Waals surface area contributed by atoms with Gasteiger partial charge in [-0.2, -0.15) is 0 Å². The summed E-state index contributed by atoms with van der Waals surface area (Å²) in [6.07, 6.45) is 0.159. The number of nitrogens with one attached hydrogen (secondary N) is 1. The van der Waals surface area contributed by atoms with Crippen LogP contribution < -0.4 is 5.32 Å². The number of carbonyl (C=O) groups excluding carboxylic acids is 2. The molecule has 1 aromatic heterocycles. The Morgan fingerprint density at radius 3 is 2.83 bits per heavy atom. The van der Waals surface area contributed by atoms with Crippen molar-refractivity contribution < 1.29 is 19.5 Å². The molecule has 96 valence electrons. The van der Waals surface area contributed by atoms with E-state index in [-0.39, 0.29) is 23.8 Å². The summed E-state index contributed by atoms with van der Waals surface area (Å²) < 4.78 is 0. The molecular weight excluding hydrogens is 256 g/mol. The van der Waals surface area contributed by atoms with Gasteiger partial charge in [0.1, 0.15) is 0 Å². The zero-order valence-electron chi connectivity index (χ0n) is 9.67. The van der Waals surface area contributed by atoms with Gasteiger partial charge in [-0.25, -0.2) is 4.79 Å². The zero-order valence-corrected chi connectivity index (χ0v) is 10.5. The monoisotopic (exact) mass is 268 g/mol. The van der Waals surface area contributed by atoms with E-state index < -0.39 is 12.0 Å². The van der Waals surface area contributed by atoms with E-state index in [0.717, 1.165) is 9.78 Å². The molecule has 0 aliphatic carbocycles. The fourth-order valence-corrected chi connectivity index (χ4v) is 2.53. The average Bonchev–Trinajstić information content (AvgIpc) is 2.88. The van der Waals surface area contributed by atoms with Crippen LogP contribution in [0, 0.1) is 0 Å². The molecule has 0 spiro atoms. The van der Waals surface area contributed by atoms with E-state index in [0.29, 0.717) is 6.54 Å². The van der Waals surface area contributed by atoms with Gasteiger partial charge in [-0.1, -0.05) is 0 Å².